The predicted octanol–water partition coefficient (Wildman–Crippen LogP) is 2.39. The molecule has 0 spiro atoms. The van der Waals surface area contributed by atoms with Gasteiger partial charge in [0, 0.05) is 11.8 Å². The van der Waals surface area contributed by atoms with Gasteiger partial charge in [-0.05, 0) is 36.6 Å². The molecule has 1 amide bonds. The Morgan fingerprint density at radius 1 is 1.09 bits per heavy atom. The molecule has 4 aromatic rings. The Kier molecular flexibility index (Phi) is 5.59. The number of anilines is 1. The SMILES string of the molecule is Cc1noc(Cn2c(=O)c3cc4c(cc3n(CC(=O)Nc3ccc(C(C)C)cc3)c2=O)OCO4)n1. The van der Waals surface area contributed by atoms with E-state index in [1.54, 1.807) is 6.92 Å². The number of carbonyl (C=O) groups excluding carboxylic acids is 1. The lowest BCUT2D eigenvalue weighted by Crippen LogP contribution is -2.42. The maximum atomic E-state index is 13.4. The van der Waals surface area contributed by atoms with Crippen molar-refractivity contribution in [3.8, 4) is 11.5 Å². The van der Waals surface area contributed by atoms with Crippen molar-refractivity contribution >= 4 is 22.5 Å². The Labute approximate surface area is 198 Å². The molecule has 11 nitrogen and oxygen atoms in total. The van der Waals surface area contributed by atoms with Crippen LogP contribution < -0.4 is 26.0 Å². The third-order valence-electron chi connectivity index (χ3n) is 5.74. The standard InChI is InChI=1S/C24H23N5O6/c1-13(2)15-4-6-16(7-5-15)26-21(30)10-28-18-9-20-19(33-12-34-20)8-17(18)23(31)29(24(28)32)11-22-25-14(3)27-35-22/h4-9,13H,10-12H2,1-3H3,(H,26,30). The van der Waals surface area contributed by atoms with Gasteiger partial charge in [0.05, 0.1) is 10.9 Å². The fourth-order valence-electron chi connectivity index (χ4n) is 3.93. The van der Waals surface area contributed by atoms with Crippen molar-refractivity contribution in [3.05, 3.63) is 74.5 Å². The molecule has 2 aromatic heterocycles. The van der Waals surface area contributed by atoms with Crippen LogP contribution >= 0.6 is 0 Å². The van der Waals surface area contributed by atoms with Crippen LogP contribution in [0.2, 0.25) is 0 Å². The molecule has 180 valence electrons. The summed E-state index contributed by atoms with van der Waals surface area (Å²) in [7, 11) is 0. The van der Waals surface area contributed by atoms with Crippen LogP contribution in [0.4, 0.5) is 5.69 Å². The lowest BCUT2D eigenvalue weighted by atomic mass is 10.0. The zero-order valence-corrected chi connectivity index (χ0v) is 19.4. The molecule has 35 heavy (non-hydrogen) atoms. The third-order valence-corrected chi connectivity index (χ3v) is 5.74. The van der Waals surface area contributed by atoms with E-state index >= 15 is 0 Å². The molecule has 5 rings (SSSR count). The van der Waals surface area contributed by atoms with E-state index in [1.807, 2.05) is 24.3 Å². The van der Waals surface area contributed by atoms with E-state index in [4.69, 9.17) is 14.0 Å². The number of amides is 1. The highest BCUT2D eigenvalue weighted by molar-refractivity contribution is 5.92. The van der Waals surface area contributed by atoms with E-state index in [-0.39, 0.29) is 36.7 Å². The fraction of sp³-hybridized carbons (Fsp3) is 0.292. The van der Waals surface area contributed by atoms with E-state index in [1.165, 1.54) is 16.7 Å². The van der Waals surface area contributed by atoms with E-state index < -0.39 is 17.2 Å². The van der Waals surface area contributed by atoms with Crippen molar-refractivity contribution in [2.24, 2.45) is 0 Å². The summed E-state index contributed by atoms with van der Waals surface area (Å²) in [6, 6.07) is 10.5. The summed E-state index contributed by atoms with van der Waals surface area (Å²) >= 11 is 0. The van der Waals surface area contributed by atoms with Crippen LogP contribution in [0, 0.1) is 6.92 Å². The minimum Gasteiger partial charge on any atom is -0.454 e. The first-order valence-corrected chi connectivity index (χ1v) is 11.1. The van der Waals surface area contributed by atoms with Crippen LogP contribution in [-0.2, 0) is 17.9 Å². The van der Waals surface area contributed by atoms with Gasteiger partial charge >= 0.3 is 5.69 Å². The van der Waals surface area contributed by atoms with E-state index in [0.29, 0.717) is 28.9 Å². The number of fused-ring (bicyclic) bond motifs is 2. The summed E-state index contributed by atoms with van der Waals surface area (Å²) in [5.41, 5.74) is 0.740. The second-order valence-corrected chi connectivity index (χ2v) is 8.54. The average Bonchev–Trinajstić information content (AvgIpc) is 3.47. The first kappa shape index (κ1) is 22.4. The van der Waals surface area contributed by atoms with E-state index in [9.17, 15) is 14.4 Å². The number of hydrogen-bond acceptors (Lipinski definition) is 8. The van der Waals surface area contributed by atoms with E-state index in [2.05, 4.69) is 29.3 Å². The molecule has 0 saturated heterocycles. The van der Waals surface area contributed by atoms with Gasteiger partial charge in [0.15, 0.2) is 17.3 Å². The van der Waals surface area contributed by atoms with Gasteiger partial charge in [0.1, 0.15) is 13.1 Å². The summed E-state index contributed by atoms with van der Waals surface area (Å²) in [6.07, 6.45) is 0. The van der Waals surface area contributed by atoms with Crippen LogP contribution in [0.15, 0.2) is 50.5 Å². The van der Waals surface area contributed by atoms with Crippen molar-refractivity contribution in [2.45, 2.75) is 39.8 Å². The number of aromatic nitrogens is 4. The van der Waals surface area contributed by atoms with Gasteiger partial charge in [-0.3, -0.25) is 18.7 Å². The molecule has 0 saturated carbocycles. The van der Waals surface area contributed by atoms with Crippen molar-refractivity contribution in [2.75, 3.05) is 12.1 Å². The van der Waals surface area contributed by atoms with Crippen LogP contribution in [0.1, 0.15) is 37.0 Å². The average molecular weight is 477 g/mol. The van der Waals surface area contributed by atoms with Crippen LogP contribution in [0.3, 0.4) is 0 Å². The molecule has 2 aromatic carbocycles. The number of nitrogens with zero attached hydrogens (tertiary/aromatic N) is 4. The number of rotatable bonds is 6. The zero-order valence-electron chi connectivity index (χ0n) is 19.4. The molecule has 0 unspecified atom stereocenters. The lowest BCUT2D eigenvalue weighted by Gasteiger charge is -2.14. The number of nitrogens with one attached hydrogen (secondary N) is 1. The second-order valence-electron chi connectivity index (χ2n) is 8.54. The van der Waals surface area contributed by atoms with Crippen molar-refractivity contribution in [1.29, 1.82) is 0 Å². The number of benzene rings is 2. The molecule has 11 heteroatoms. The summed E-state index contributed by atoms with van der Waals surface area (Å²) in [5.74, 6) is 1.18. The normalized spacial score (nSPS) is 12.5. The summed E-state index contributed by atoms with van der Waals surface area (Å²) in [4.78, 5) is 43.7. The largest absolute Gasteiger partial charge is 0.454 e. The van der Waals surface area contributed by atoms with Gasteiger partial charge in [0.2, 0.25) is 18.6 Å². The second kappa shape index (κ2) is 8.75. The Bertz CT molecular complexity index is 1550. The molecule has 3 heterocycles. The zero-order chi connectivity index (χ0) is 24.7. The van der Waals surface area contributed by atoms with Crippen LogP contribution in [0.5, 0.6) is 11.5 Å². The maximum absolute atomic E-state index is 13.4. The monoisotopic (exact) mass is 477 g/mol. The van der Waals surface area contributed by atoms with E-state index in [0.717, 1.165) is 10.1 Å². The first-order valence-electron chi connectivity index (χ1n) is 11.1. The Balaban J connectivity index is 1.55. The number of ether oxygens (including phenoxy) is 2. The molecule has 0 bridgehead atoms. The molecule has 0 radical (unpaired) electrons. The Hall–Kier alpha value is -4.41. The fourth-order valence-corrected chi connectivity index (χ4v) is 3.93. The maximum Gasteiger partial charge on any atom is 0.332 e. The highest BCUT2D eigenvalue weighted by Gasteiger charge is 2.22. The number of carbonyl (C=O) groups is 1. The van der Waals surface area contributed by atoms with Crippen molar-refractivity contribution in [1.82, 2.24) is 19.3 Å². The Morgan fingerprint density at radius 3 is 2.46 bits per heavy atom. The first-order chi connectivity index (χ1) is 16.8. The quantitative estimate of drug-likeness (QED) is 0.448. The molecule has 0 aliphatic carbocycles. The van der Waals surface area contributed by atoms with Gasteiger partial charge in [-0.15, -0.1) is 0 Å². The molecular formula is C24H23N5O6. The highest BCUT2D eigenvalue weighted by Crippen LogP contribution is 2.34. The van der Waals surface area contributed by atoms with Gasteiger partial charge in [-0.25, -0.2) is 4.79 Å². The molecule has 0 atom stereocenters. The predicted molar refractivity (Wildman–Crippen MR) is 126 cm³/mol. The van der Waals surface area contributed by atoms with Gasteiger partial charge in [0.25, 0.3) is 5.56 Å². The topological polar surface area (TPSA) is 130 Å². The van der Waals surface area contributed by atoms with Gasteiger partial charge < -0.3 is 19.3 Å². The summed E-state index contributed by atoms with van der Waals surface area (Å²) in [6.45, 7) is 5.24. The van der Waals surface area contributed by atoms with Crippen LogP contribution in [-0.4, -0.2) is 32.0 Å². The molecular weight excluding hydrogens is 454 g/mol. The minimum absolute atomic E-state index is 0.00179. The van der Waals surface area contributed by atoms with Crippen molar-refractivity contribution in [3.63, 3.8) is 0 Å². The van der Waals surface area contributed by atoms with Gasteiger partial charge in [-0.1, -0.05) is 31.1 Å². The molecule has 0 fully saturated rings. The lowest BCUT2D eigenvalue weighted by molar-refractivity contribution is -0.116. The third kappa shape index (κ3) is 4.27. The van der Waals surface area contributed by atoms with Crippen LogP contribution in [0.25, 0.3) is 10.9 Å². The number of aryl methyl sites for hydroxylation is 1. The molecule has 1 aliphatic heterocycles. The number of hydrogen-bond donors (Lipinski definition) is 1. The molecule has 1 aliphatic rings. The summed E-state index contributed by atoms with van der Waals surface area (Å²) in [5, 5.41) is 6.70. The van der Waals surface area contributed by atoms with Crippen molar-refractivity contribution < 1.29 is 18.8 Å². The summed E-state index contributed by atoms with van der Waals surface area (Å²) < 4.78 is 18.1. The minimum atomic E-state index is -0.692. The Morgan fingerprint density at radius 2 is 1.80 bits per heavy atom. The van der Waals surface area contributed by atoms with Gasteiger partial charge in [-0.2, -0.15) is 4.98 Å². The highest BCUT2D eigenvalue weighted by atomic mass is 16.7. The molecule has 1 N–H and O–H groups in total. The smallest absolute Gasteiger partial charge is 0.332 e.